The second-order valence-electron chi connectivity index (χ2n) is 3.71. The standard InChI is InChI=1S/C13H9BrN2O3/c14-10-7-4-8-11(16(18)19)12(10)15-13(17)9-5-2-1-3-6-9/h1-8H,(H,15,17). The summed E-state index contributed by atoms with van der Waals surface area (Å²) < 4.78 is 0.464. The highest BCUT2D eigenvalue weighted by Crippen LogP contribution is 2.32. The Bertz CT molecular complexity index is 629. The maximum atomic E-state index is 12.0. The number of hydrogen-bond acceptors (Lipinski definition) is 3. The molecule has 0 aromatic heterocycles. The van der Waals surface area contributed by atoms with Gasteiger partial charge in [-0.05, 0) is 34.1 Å². The van der Waals surface area contributed by atoms with E-state index in [0.29, 0.717) is 10.0 Å². The van der Waals surface area contributed by atoms with Crippen LogP contribution in [-0.4, -0.2) is 10.8 Å². The molecule has 0 aliphatic carbocycles. The van der Waals surface area contributed by atoms with Crippen molar-refractivity contribution in [2.45, 2.75) is 0 Å². The molecule has 96 valence electrons. The topological polar surface area (TPSA) is 72.2 Å². The van der Waals surface area contributed by atoms with Gasteiger partial charge >= 0.3 is 0 Å². The first-order valence-electron chi connectivity index (χ1n) is 5.39. The van der Waals surface area contributed by atoms with Gasteiger partial charge in [-0.2, -0.15) is 0 Å². The monoisotopic (exact) mass is 320 g/mol. The highest BCUT2D eigenvalue weighted by molar-refractivity contribution is 9.10. The summed E-state index contributed by atoms with van der Waals surface area (Å²) in [5, 5.41) is 13.5. The van der Waals surface area contributed by atoms with Crippen LogP contribution in [0.5, 0.6) is 0 Å². The average Bonchev–Trinajstić information content (AvgIpc) is 2.41. The Hall–Kier alpha value is -2.21. The van der Waals surface area contributed by atoms with E-state index in [1.165, 1.54) is 6.07 Å². The van der Waals surface area contributed by atoms with Crippen LogP contribution in [0.1, 0.15) is 10.4 Å². The fraction of sp³-hybridized carbons (Fsp3) is 0. The molecule has 0 spiro atoms. The predicted molar refractivity (Wildman–Crippen MR) is 75.2 cm³/mol. The van der Waals surface area contributed by atoms with Crippen molar-refractivity contribution in [3.05, 3.63) is 68.7 Å². The van der Waals surface area contributed by atoms with Crippen LogP contribution in [0.25, 0.3) is 0 Å². The third-order valence-corrected chi connectivity index (χ3v) is 3.12. The maximum Gasteiger partial charge on any atom is 0.293 e. The minimum Gasteiger partial charge on any atom is -0.315 e. The Balaban J connectivity index is 2.34. The van der Waals surface area contributed by atoms with Gasteiger partial charge in [-0.15, -0.1) is 0 Å². The molecule has 0 atom stereocenters. The Morgan fingerprint density at radius 2 is 1.79 bits per heavy atom. The summed E-state index contributed by atoms with van der Waals surface area (Å²) in [6.45, 7) is 0. The van der Waals surface area contributed by atoms with E-state index in [1.54, 1.807) is 42.5 Å². The number of para-hydroxylation sites is 1. The fourth-order valence-corrected chi connectivity index (χ4v) is 2.02. The minimum absolute atomic E-state index is 0.154. The molecule has 0 bridgehead atoms. The Morgan fingerprint density at radius 3 is 2.42 bits per heavy atom. The molecule has 19 heavy (non-hydrogen) atoms. The van der Waals surface area contributed by atoms with Crippen LogP contribution < -0.4 is 5.32 Å². The summed E-state index contributed by atoms with van der Waals surface area (Å²) in [5.41, 5.74) is 0.438. The summed E-state index contributed by atoms with van der Waals surface area (Å²) >= 11 is 3.20. The van der Waals surface area contributed by atoms with E-state index in [9.17, 15) is 14.9 Å². The van der Waals surface area contributed by atoms with Gasteiger partial charge in [0.05, 0.1) is 4.92 Å². The molecule has 0 saturated heterocycles. The smallest absolute Gasteiger partial charge is 0.293 e. The van der Waals surface area contributed by atoms with Crippen molar-refractivity contribution in [3.63, 3.8) is 0 Å². The molecule has 0 aliphatic heterocycles. The molecule has 6 heteroatoms. The predicted octanol–water partition coefficient (Wildman–Crippen LogP) is 3.61. The minimum atomic E-state index is -0.536. The second-order valence-corrected chi connectivity index (χ2v) is 4.57. The first kappa shape index (κ1) is 13.2. The highest BCUT2D eigenvalue weighted by atomic mass is 79.9. The molecule has 0 unspecified atom stereocenters. The third-order valence-electron chi connectivity index (χ3n) is 2.46. The molecule has 0 aliphatic rings. The Kier molecular flexibility index (Phi) is 3.91. The molecule has 1 N–H and O–H groups in total. The number of halogens is 1. The average molecular weight is 321 g/mol. The molecule has 0 saturated carbocycles. The molecule has 2 rings (SSSR count). The van der Waals surface area contributed by atoms with Gasteiger partial charge in [0.1, 0.15) is 5.69 Å². The van der Waals surface area contributed by atoms with Crippen molar-refractivity contribution in [2.24, 2.45) is 0 Å². The zero-order valence-corrected chi connectivity index (χ0v) is 11.3. The van der Waals surface area contributed by atoms with Gasteiger partial charge in [0.25, 0.3) is 11.6 Å². The summed E-state index contributed by atoms with van der Waals surface area (Å²) in [6.07, 6.45) is 0. The lowest BCUT2D eigenvalue weighted by atomic mass is 10.2. The summed E-state index contributed by atoms with van der Waals surface area (Å²) in [6, 6.07) is 13.0. The molecule has 2 aromatic carbocycles. The molecule has 5 nitrogen and oxygen atoms in total. The molecule has 1 amide bonds. The van der Waals surface area contributed by atoms with Gasteiger partial charge in [0.2, 0.25) is 0 Å². The largest absolute Gasteiger partial charge is 0.315 e. The number of nitro groups is 1. The zero-order chi connectivity index (χ0) is 13.8. The van der Waals surface area contributed by atoms with Crippen molar-refractivity contribution in [2.75, 3.05) is 5.32 Å². The van der Waals surface area contributed by atoms with Gasteiger partial charge in [0, 0.05) is 16.1 Å². The van der Waals surface area contributed by atoms with Crippen molar-refractivity contribution in [1.29, 1.82) is 0 Å². The van der Waals surface area contributed by atoms with E-state index < -0.39 is 10.8 Å². The number of anilines is 1. The van der Waals surface area contributed by atoms with E-state index in [4.69, 9.17) is 0 Å². The van der Waals surface area contributed by atoms with Crippen LogP contribution in [0.15, 0.2) is 53.0 Å². The van der Waals surface area contributed by atoms with E-state index in [1.807, 2.05) is 0 Å². The fourth-order valence-electron chi connectivity index (χ4n) is 1.56. The lowest BCUT2D eigenvalue weighted by Crippen LogP contribution is -2.13. The van der Waals surface area contributed by atoms with E-state index in [2.05, 4.69) is 21.2 Å². The van der Waals surface area contributed by atoms with Crippen molar-refractivity contribution >= 4 is 33.2 Å². The van der Waals surface area contributed by atoms with Crippen LogP contribution >= 0.6 is 15.9 Å². The van der Waals surface area contributed by atoms with Crippen LogP contribution in [0.4, 0.5) is 11.4 Å². The van der Waals surface area contributed by atoms with Crippen LogP contribution in [0.3, 0.4) is 0 Å². The van der Waals surface area contributed by atoms with E-state index in [-0.39, 0.29) is 11.4 Å². The number of nitrogens with one attached hydrogen (secondary N) is 1. The summed E-state index contributed by atoms with van der Waals surface area (Å²) in [7, 11) is 0. The van der Waals surface area contributed by atoms with Crippen LogP contribution in [0.2, 0.25) is 0 Å². The SMILES string of the molecule is O=C(Nc1c(Br)cccc1[N+](=O)[O-])c1ccccc1. The molecule has 0 fully saturated rings. The molecular weight excluding hydrogens is 312 g/mol. The summed E-state index contributed by atoms with van der Waals surface area (Å²) in [4.78, 5) is 22.4. The normalized spacial score (nSPS) is 9.95. The summed E-state index contributed by atoms with van der Waals surface area (Å²) in [5.74, 6) is -0.393. The lowest BCUT2D eigenvalue weighted by Gasteiger charge is -2.07. The van der Waals surface area contributed by atoms with Gasteiger partial charge < -0.3 is 5.32 Å². The number of rotatable bonds is 3. The number of carbonyl (C=O) groups excluding carboxylic acids is 1. The van der Waals surface area contributed by atoms with Gasteiger partial charge in [0.15, 0.2) is 0 Å². The van der Waals surface area contributed by atoms with Gasteiger partial charge in [-0.1, -0.05) is 24.3 Å². The number of nitro benzene ring substituents is 1. The number of amides is 1. The van der Waals surface area contributed by atoms with Crippen molar-refractivity contribution in [1.82, 2.24) is 0 Å². The molecular formula is C13H9BrN2O3. The molecule has 0 heterocycles. The van der Waals surface area contributed by atoms with Crippen LogP contribution in [0, 0.1) is 10.1 Å². The number of carbonyl (C=O) groups is 1. The Morgan fingerprint density at radius 1 is 1.11 bits per heavy atom. The maximum absolute atomic E-state index is 12.0. The first-order chi connectivity index (χ1) is 9.09. The zero-order valence-electron chi connectivity index (χ0n) is 9.67. The number of benzene rings is 2. The second kappa shape index (κ2) is 5.62. The number of hydrogen-bond donors (Lipinski definition) is 1. The van der Waals surface area contributed by atoms with Crippen molar-refractivity contribution < 1.29 is 9.72 Å². The van der Waals surface area contributed by atoms with E-state index in [0.717, 1.165) is 0 Å². The number of nitrogens with zero attached hydrogens (tertiary/aromatic N) is 1. The highest BCUT2D eigenvalue weighted by Gasteiger charge is 2.18. The lowest BCUT2D eigenvalue weighted by molar-refractivity contribution is -0.384. The molecule has 0 radical (unpaired) electrons. The van der Waals surface area contributed by atoms with Crippen LogP contribution in [-0.2, 0) is 0 Å². The molecule has 2 aromatic rings. The first-order valence-corrected chi connectivity index (χ1v) is 6.18. The quantitative estimate of drug-likeness (QED) is 0.693. The Labute approximate surface area is 117 Å². The van der Waals surface area contributed by atoms with Gasteiger partial charge in [-0.25, -0.2) is 0 Å². The van der Waals surface area contributed by atoms with E-state index >= 15 is 0 Å². The third kappa shape index (κ3) is 2.97. The van der Waals surface area contributed by atoms with Crippen molar-refractivity contribution in [3.8, 4) is 0 Å². The van der Waals surface area contributed by atoms with Gasteiger partial charge in [-0.3, -0.25) is 14.9 Å².